The van der Waals surface area contributed by atoms with Gasteiger partial charge in [0.2, 0.25) is 0 Å². The van der Waals surface area contributed by atoms with E-state index in [0.717, 1.165) is 40.4 Å². The van der Waals surface area contributed by atoms with E-state index in [1.54, 1.807) is 0 Å². The lowest BCUT2D eigenvalue weighted by Gasteiger charge is -2.15. The van der Waals surface area contributed by atoms with Crippen LogP contribution >= 0.6 is 0 Å². The van der Waals surface area contributed by atoms with Crippen LogP contribution in [0.5, 0.6) is 5.75 Å². The van der Waals surface area contributed by atoms with Gasteiger partial charge in [0.25, 0.3) is 0 Å². The highest BCUT2D eigenvalue weighted by atomic mass is 16.5. The van der Waals surface area contributed by atoms with Gasteiger partial charge in [-0.05, 0) is 31.4 Å². The van der Waals surface area contributed by atoms with Crippen LogP contribution in [0.1, 0.15) is 45.7 Å². The third-order valence-electron chi connectivity index (χ3n) is 4.10. The minimum Gasteiger partial charge on any atom is -0.490 e. The fraction of sp³-hybridized carbons (Fsp3) is 0.444. The number of benzene rings is 1. The van der Waals surface area contributed by atoms with Crippen LogP contribution in [0.2, 0.25) is 0 Å². The highest BCUT2D eigenvalue weighted by molar-refractivity contribution is 5.80. The number of hydrogen-bond donors (Lipinski definition) is 1. The Morgan fingerprint density at radius 1 is 1.22 bits per heavy atom. The van der Waals surface area contributed by atoms with E-state index in [4.69, 9.17) is 9.72 Å². The van der Waals surface area contributed by atoms with Gasteiger partial charge >= 0.3 is 0 Å². The molecule has 0 fully saturated rings. The first-order valence-corrected chi connectivity index (χ1v) is 8.19. The predicted molar refractivity (Wildman–Crippen MR) is 92.8 cm³/mol. The third-order valence-corrected chi connectivity index (χ3v) is 4.10. The maximum atomic E-state index is 6.05. The molecule has 5 nitrogen and oxygen atoms in total. The molecule has 23 heavy (non-hydrogen) atoms. The highest BCUT2D eigenvalue weighted by Crippen LogP contribution is 2.32. The Morgan fingerprint density at radius 3 is 2.65 bits per heavy atom. The molecule has 122 valence electrons. The number of H-pyrrole nitrogens is 1. The molecule has 0 aliphatic heterocycles. The molecule has 5 heteroatoms. The van der Waals surface area contributed by atoms with Crippen LogP contribution in [-0.2, 0) is 7.05 Å². The number of nitrogens with one attached hydrogen (secondary N) is 1. The number of aromatic nitrogens is 4. The molecule has 0 aliphatic carbocycles. The minimum absolute atomic E-state index is 0.174. The van der Waals surface area contributed by atoms with Gasteiger partial charge in [-0.3, -0.25) is 0 Å². The fourth-order valence-corrected chi connectivity index (χ4v) is 2.63. The minimum atomic E-state index is 0.174. The van der Waals surface area contributed by atoms with Crippen molar-refractivity contribution in [2.75, 3.05) is 0 Å². The number of ether oxygens (including phenoxy) is 1. The van der Waals surface area contributed by atoms with E-state index in [9.17, 15) is 0 Å². The van der Waals surface area contributed by atoms with Gasteiger partial charge in [0.1, 0.15) is 17.1 Å². The first-order valence-electron chi connectivity index (χ1n) is 8.19. The number of para-hydroxylation sites is 1. The summed E-state index contributed by atoms with van der Waals surface area (Å²) in [5.41, 5.74) is 3.91. The number of rotatable bonds is 5. The summed E-state index contributed by atoms with van der Waals surface area (Å²) in [6.07, 6.45) is 1.14. The molecule has 3 rings (SSSR count). The molecule has 0 amide bonds. The first-order chi connectivity index (χ1) is 11.0. The largest absolute Gasteiger partial charge is 0.490 e. The zero-order valence-corrected chi connectivity index (χ0v) is 14.4. The molecule has 0 aliphatic rings. The highest BCUT2D eigenvalue weighted by Gasteiger charge is 2.18. The lowest BCUT2D eigenvalue weighted by Crippen LogP contribution is -2.10. The van der Waals surface area contributed by atoms with Crippen molar-refractivity contribution in [2.45, 2.75) is 46.1 Å². The van der Waals surface area contributed by atoms with Crippen LogP contribution in [0.15, 0.2) is 24.3 Å². The lowest BCUT2D eigenvalue weighted by molar-refractivity contribution is 0.218. The van der Waals surface area contributed by atoms with Crippen molar-refractivity contribution in [3.05, 3.63) is 30.0 Å². The second-order valence-electron chi connectivity index (χ2n) is 6.28. The maximum absolute atomic E-state index is 6.05. The third kappa shape index (κ3) is 2.83. The summed E-state index contributed by atoms with van der Waals surface area (Å²) in [6, 6.07) is 8.03. The van der Waals surface area contributed by atoms with E-state index in [-0.39, 0.29) is 6.10 Å². The SMILES string of the molecule is CC[C@H](C)Oc1ccccc1-c1nc2c([nH]1)c(C(C)C)nn2C. The molecule has 2 heterocycles. The smallest absolute Gasteiger partial charge is 0.176 e. The zero-order valence-electron chi connectivity index (χ0n) is 14.4. The van der Waals surface area contributed by atoms with Crippen molar-refractivity contribution >= 4 is 11.2 Å². The average molecular weight is 312 g/mol. The van der Waals surface area contributed by atoms with Crippen molar-refractivity contribution in [3.63, 3.8) is 0 Å². The van der Waals surface area contributed by atoms with E-state index in [1.165, 1.54) is 0 Å². The van der Waals surface area contributed by atoms with Crippen LogP contribution in [0.4, 0.5) is 0 Å². The molecule has 1 N–H and O–H groups in total. The number of nitrogens with zero attached hydrogens (tertiary/aromatic N) is 3. The van der Waals surface area contributed by atoms with E-state index in [0.29, 0.717) is 5.92 Å². The molecule has 0 saturated carbocycles. The van der Waals surface area contributed by atoms with E-state index < -0.39 is 0 Å². The Balaban J connectivity index is 2.09. The Kier molecular flexibility index (Phi) is 4.11. The average Bonchev–Trinajstić information content (AvgIpc) is 3.08. The van der Waals surface area contributed by atoms with Gasteiger partial charge < -0.3 is 9.72 Å². The monoisotopic (exact) mass is 312 g/mol. The van der Waals surface area contributed by atoms with Crippen molar-refractivity contribution in [2.24, 2.45) is 7.05 Å². The van der Waals surface area contributed by atoms with Crippen LogP contribution < -0.4 is 4.74 Å². The normalized spacial score (nSPS) is 13.0. The zero-order chi connectivity index (χ0) is 16.6. The first kappa shape index (κ1) is 15.6. The van der Waals surface area contributed by atoms with Gasteiger partial charge in [0.05, 0.1) is 17.4 Å². The van der Waals surface area contributed by atoms with Crippen molar-refractivity contribution in [1.82, 2.24) is 19.7 Å². The van der Waals surface area contributed by atoms with Gasteiger partial charge in [0, 0.05) is 7.05 Å². The number of imidazole rings is 1. The van der Waals surface area contributed by atoms with Crippen LogP contribution in [0.25, 0.3) is 22.6 Å². The van der Waals surface area contributed by atoms with Gasteiger partial charge in [-0.15, -0.1) is 0 Å². The molecular formula is C18H24N4O. The number of fused-ring (bicyclic) bond motifs is 1. The Labute approximate surface area is 136 Å². The number of aromatic amines is 1. The second-order valence-corrected chi connectivity index (χ2v) is 6.28. The molecule has 1 aromatic carbocycles. The molecule has 0 spiro atoms. The number of hydrogen-bond acceptors (Lipinski definition) is 3. The molecule has 0 unspecified atom stereocenters. The fourth-order valence-electron chi connectivity index (χ4n) is 2.63. The van der Waals surface area contributed by atoms with E-state index in [1.807, 2.05) is 36.0 Å². The molecular weight excluding hydrogens is 288 g/mol. The molecule has 1 atom stereocenters. The second kappa shape index (κ2) is 6.07. The van der Waals surface area contributed by atoms with Gasteiger partial charge in [0.15, 0.2) is 5.65 Å². The summed E-state index contributed by atoms with van der Waals surface area (Å²) in [6.45, 7) is 8.48. The van der Waals surface area contributed by atoms with E-state index >= 15 is 0 Å². The van der Waals surface area contributed by atoms with Crippen LogP contribution in [0.3, 0.4) is 0 Å². The van der Waals surface area contributed by atoms with Crippen LogP contribution in [0, 0.1) is 0 Å². The van der Waals surface area contributed by atoms with E-state index in [2.05, 4.69) is 37.8 Å². The topological polar surface area (TPSA) is 55.7 Å². The predicted octanol–water partition coefficient (Wildman–Crippen LogP) is 4.26. The lowest BCUT2D eigenvalue weighted by atomic mass is 10.1. The summed E-state index contributed by atoms with van der Waals surface area (Å²) >= 11 is 0. The van der Waals surface area contributed by atoms with Crippen molar-refractivity contribution < 1.29 is 4.74 Å². The van der Waals surface area contributed by atoms with Gasteiger partial charge in [-0.2, -0.15) is 5.10 Å². The summed E-state index contributed by atoms with van der Waals surface area (Å²) in [5.74, 6) is 2.03. The van der Waals surface area contributed by atoms with Gasteiger partial charge in [-0.1, -0.05) is 32.9 Å². The summed E-state index contributed by atoms with van der Waals surface area (Å²) in [5, 5.41) is 4.56. The van der Waals surface area contributed by atoms with Crippen molar-refractivity contribution in [1.29, 1.82) is 0 Å². The Bertz CT molecular complexity index is 816. The van der Waals surface area contributed by atoms with Crippen molar-refractivity contribution in [3.8, 4) is 17.1 Å². The Hall–Kier alpha value is -2.30. The van der Waals surface area contributed by atoms with Crippen LogP contribution in [-0.4, -0.2) is 25.9 Å². The quantitative estimate of drug-likeness (QED) is 0.765. The summed E-state index contributed by atoms with van der Waals surface area (Å²) < 4.78 is 7.88. The summed E-state index contributed by atoms with van der Waals surface area (Å²) in [4.78, 5) is 8.18. The Morgan fingerprint density at radius 2 is 1.96 bits per heavy atom. The molecule has 2 aromatic heterocycles. The number of aryl methyl sites for hydroxylation is 1. The molecule has 0 saturated heterocycles. The summed E-state index contributed by atoms with van der Waals surface area (Å²) in [7, 11) is 1.93. The maximum Gasteiger partial charge on any atom is 0.176 e. The molecule has 3 aromatic rings. The molecule has 0 bridgehead atoms. The standard InChI is InChI=1S/C18H24N4O/c1-6-12(4)23-14-10-8-7-9-13(14)17-19-16-15(11(2)3)21-22(5)18(16)20-17/h7-12H,6H2,1-5H3,(H,19,20)/t12-/m0/s1. The van der Waals surface area contributed by atoms with Gasteiger partial charge in [-0.25, -0.2) is 9.67 Å². The molecule has 0 radical (unpaired) electrons.